The Morgan fingerprint density at radius 1 is 1.38 bits per heavy atom. The number of carbonyl (C=O) groups excluding carboxylic acids is 2. The van der Waals surface area contributed by atoms with Crippen LogP contribution in [0.3, 0.4) is 0 Å². The van der Waals surface area contributed by atoms with Crippen LogP contribution in [0.25, 0.3) is 0 Å². The first-order valence-corrected chi connectivity index (χ1v) is 9.64. The third-order valence-corrected chi connectivity index (χ3v) is 5.60. The van der Waals surface area contributed by atoms with Crippen molar-refractivity contribution in [2.45, 2.75) is 57.3 Å². The number of fused-ring (bicyclic) bond motifs is 1. The molecule has 1 saturated carbocycles. The SMILES string of the molecule is C=CCCCC(=O)NC[C@]12CC1N[C@H](C(=O)Nc1nc(C(F)(F)F)ccc1C)C2. The highest BCUT2D eigenvalue weighted by Gasteiger charge is 2.61. The molecule has 3 rings (SSSR count). The van der Waals surface area contributed by atoms with Crippen molar-refractivity contribution < 1.29 is 22.8 Å². The lowest BCUT2D eigenvalue weighted by Crippen LogP contribution is -2.38. The molecule has 29 heavy (non-hydrogen) atoms. The number of amides is 2. The number of hydrogen-bond acceptors (Lipinski definition) is 4. The zero-order valence-electron chi connectivity index (χ0n) is 16.2. The van der Waals surface area contributed by atoms with Crippen molar-refractivity contribution >= 4 is 17.6 Å². The third-order valence-electron chi connectivity index (χ3n) is 5.60. The van der Waals surface area contributed by atoms with Crippen LogP contribution >= 0.6 is 0 Å². The topological polar surface area (TPSA) is 83.1 Å². The fourth-order valence-corrected chi connectivity index (χ4v) is 3.74. The van der Waals surface area contributed by atoms with Crippen molar-refractivity contribution in [3.63, 3.8) is 0 Å². The first-order chi connectivity index (χ1) is 13.6. The lowest BCUT2D eigenvalue weighted by atomic mass is 9.99. The number of piperidine rings is 1. The Bertz CT molecular complexity index is 811. The highest BCUT2D eigenvalue weighted by atomic mass is 19.4. The zero-order valence-corrected chi connectivity index (χ0v) is 16.2. The van der Waals surface area contributed by atoms with Crippen LogP contribution < -0.4 is 16.0 Å². The second kappa shape index (κ2) is 8.14. The van der Waals surface area contributed by atoms with Crippen LogP contribution in [0.2, 0.25) is 0 Å². The molecule has 2 amide bonds. The van der Waals surface area contributed by atoms with E-state index in [-0.39, 0.29) is 23.2 Å². The second-order valence-electron chi connectivity index (χ2n) is 7.85. The van der Waals surface area contributed by atoms with E-state index in [1.165, 1.54) is 6.07 Å². The van der Waals surface area contributed by atoms with Gasteiger partial charge in [-0.3, -0.25) is 9.59 Å². The van der Waals surface area contributed by atoms with Crippen molar-refractivity contribution in [3.8, 4) is 0 Å². The van der Waals surface area contributed by atoms with Gasteiger partial charge in [0.15, 0.2) is 0 Å². The Kier molecular flexibility index (Phi) is 5.97. The van der Waals surface area contributed by atoms with Gasteiger partial charge in [0.2, 0.25) is 11.8 Å². The minimum atomic E-state index is -4.58. The minimum absolute atomic E-state index is 0.0245. The number of aryl methyl sites for hydroxylation is 1. The highest BCUT2D eigenvalue weighted by Crippen LogP contribution is 2.54. The van der Waals surface area contributed by atoms with Gasteiger partial charge in [0, 0.05) is 24.4 Å². The monoisotopic (exact) mass is 410 g/mol. The van der Waals surface area contributed by atoms with Gasteiger partial charge < -0.3 is 16.0 Å². The maximum Gasteiger partial charge on any atom is 0.433 e. The number of unbranched alkanes of at least 4 members (excludes halogenated alkanes) is 1. The molecule has 1 aliphatic carbocycles. The number of pyridine rings is 1. The van der Waals surface area contributed by atoms with E-state index >= 15 is 0 Å². The highest BCUT2D eigenvalue weighted by molar-refractivity contribution is 5.95. The molecule has 0 spiro atoms. The summed E-state index contributed by atoms with van der Waals surface area (Å²) in [5.74, 6) is -0.524. The van der Waals surface area contributed by atoms with Gasteiger partial charge in [-0.15, -0.1) is 6.58 Å². The Balaban J connectivity index is 1.54. The van der Waals surface area contributed by atoms with E-state index in [2.05, 4.69) is 27.5 Å². The van der Waals surface area contributed by atoms with Gasteiger partial charge in [-0.25, -0.2) is 4.98 Å². The quantitative estimate of drug-likeness (QED) is 0.455. The summed E-state index contributed by atoms with van der Waals surface area (Å²) in [5, 5.41) is 8.64. The van der Waals surface area contributed by atoms with Gasteiger partial charge in [-0.2, -0.15) is 13.2 Å². The molecule has 0 bridgehead atoms. The number of allylic oxidation sites excluding steroid dienone is 1. The lowest BCUT2D eigenvalue weighted by Gasteiger charge is -2.18. The molecular formula is C20H25F3N4O2. The van der Waals surface area contributed by atoms with Gasteiger partial charge in [0.25, 0.3) is 0 Å². The van der Waals surface area contributed by atoms with Gasteiger partial charge >= 0.3 is 6.18 Å². The molecule has 3 N–H and O–H groups in total. The molecule has 2 fully saturated rings. The van der Waals surface area contributed by atoms with E-state index in [0.29, 0.717) is 24.9 Å². The summed E-state index contributed by atoms with van der Waals surface area (Å²) in [7, 11) is 0. The average molecular weight is 410 g/mol. The van der Waals surface area contributed by atoms with Crippen molar-refractivity contribution in [2.75, 3.05) is 11.9 Å². The van der Waals surface area contributed by atoms with Gasteiger partial charge in [0.05, 0.1) is 6.04 Å². The van der Waals surface area contributed by atoms with Crippen molar-refractivity contribution in [1.82, 2.24) is 15.6 Å². The summed E-state index contributed by atoms with van der Waals surface area (Å²) < 4.78 is 38.6. The van der Waals surface area contributed by atoms with Crippen LogP contribution in [0, 0.1) is 12.3 Å². The summed E-state index contributed by atoms with van der Waals surface area (Å²) in [5.41, 5.74) is -0.751. The molecule has 6 nitrogen and oxygen atoms in total. The number of alkyl halides is 3. The van der Waals surface area contributed by atoms with Crippen LogP contribution in [-0.4, -0.2) is 35.4 Å². The minimum Gasteiger partial charge on any atom is -0.355 e. The first kappa shape index (κ1) is 21.3. The second-order valence-corrected chi connectivity index (χ2v) is 7.85. The molecule has 0 aromatic carbocycles. The molecule has 1 aromatic heterocycles. The summed E-state index contributed by atoms with van der Waals surface area (Å²) in [4.78, 5) is 28.0. The number of anilines is 1. The maximum atomic E-state index is 12.9. The van der Waals surface area contributed by atoms with E-state index in [1.54, 1.807) is 13.0 Å². The molecule has 158 valence electrons. The predicted octanol–water partition coefficient (Wildman–Crippen LogP) is 2.94. The van der Waals surface area contributed by atoms with Crippen LogP contribution in [-0.2, 0) is 15.8 Å². The van der Waals surface area contributed by atoms with Gasteiger partial charge in [0.1, 0.15) is 11.5 Å². The Morgan fingerprint density at radius 3 is 2.83 bits per heavy atom. The lowest BCUT2D eigenvalue weighted by molar-refractivity contribution is -0.141. The number of rotatable bonds is 8. The van der Waals surface area contributed by atoms with Crippen LogP contribution in [0.15, 0.2) is 24.8 Å². The molecule has 2 aliphatic rings. The Labute approximate surface area is 167 Å². The molecule has 2 heterocycles. The number of nitrogens with one attached hydrogen (secondary N) is 3. The van der Waals surface area contributed by atoms with E-state index < -0.39 is 23.8 Å². The van der Waals surface area contributed by atoms with Crippen LogP contribution in [0.1, 0.15) is 43.4 Å². The number of aromatic nitrogens is 1. The smallest absolute Gasteiger partial charge is 0.355 e. The van der Waals surface area contributed by atoms with Gasteiger partial charge in [-0.1, -0.05) is 12.1 Å². The summed E-state index contributed by atoms with van der Waals surface area (Å²) in [6, 6.07) is 1.78. The molecule has 1 unspecified atom stereocenters. The molecule has 0 radical (unpaired) electrons. The molecule has 3 atom stereocenters. The summed E-state index contributed by atoms with van der Waals surface area (Å²) in [6.07, 6.45) is 0.554. The zero-order chi connectivity index (χ0) is 21.2. The van der Waals surface area contributed by atoms with E-state index in [9.17, 15) is 22.8 Å². The fourth-order valence-electron chi connectivity index (χ4n) is 3.74. The Hall–Kier alpha value is -2.42. The van der Waals surface area contributed by atoms with E-state index in [1.807, 2.05) is 0 Å². The summed E-state index contributed by atoms with van der Waals surface area (Å²) >= 11 is 0. The normalized spacial score (nSPS) is 25.2. The van der Waals surface area contributed by atoms with Crippen LogP contribution in [0.5, 0.6) is 0 Å². The number of nitrogens with zero attached hydrogens (tertiary/aromatic N) is 1. The molecular weight excluding hydrogens is 385 g/mol. The number of carbonyl (C=O) groups is 2. The largest absolute Gasteiger partial charge is 0.433 e. The Morgan fingerprint density at radius 2 is 2.14 bits per heavy atom. The standard InChI is InChI=1S/C20H25F3N4O2/c1-3-4-5-6-16(28)24-11-19-9-13(25-15(19)10-19)18(29)27-17-12(2)7-8-14(26-17)20(21,22)23/h3,7-8,13,15,25H,1,4-6,9-11H2,2H3,(H,24,28)(H,26,27,29)/t13-,15?,19-/m0/s1. The molecule has 1 saturated heterocycles. The predicted molar refractivity (Wildman–Crippen MR) is 102 cm³/mol. The van der Waals surface area contributed by atoms with Crippen molar-refractivity contribution in [2.24, 2.45) is 5.41 Å². The number of halogens is 3. The molecule has 1 aliphatic heterocycles. The summed E-state index contributed by atoms with van der Waals surface area (Å²) in [6.45, 7) is 5.70. The first-order valence-electron chi connectivity index (χ1n) is 9.64. The third kappa shape index (κ3) is 4.95. The van der Waals surface area contributed by atoms with Crippen molar-refractivity contribution in [1.29, 1.82) is 0 Å². The number of hydrogen-bond donors (Lipinski definition) is 3. The molecule has 9 heteroatoms. The fraction of sp³-hybridized carbons (Fsp3) is 0.550. The van der Waals surface area contributed by atoms with Crippen molar-refractivity contribution in [3.05, 3.63) is 36.0 Å². The average Bonchev–Trinajstić information content (AvgIpc) is 3.21. The molecule has 1 aromatic rings. The van der Waals surface area contributed by atoms with Crippen LogP contribution in [0.4, 0.5) is 19.0 Å². The van der Waals surface area contributed by atoms with E-state index in [4.69, 9.17) is 0 Å². The maximum absolute atomic E-state index is 12.9. The van der Waals surface area contributed by atoms with E-state index in [0.717, 1.165) is 25.3 Å². The van der Waals surface area contributed by atoms with Gasteiger partial charge in [-0.05, 0) is 44.2 Å².